The normalized spacial score (nSPS) is 20.1. The van der Waals surface area contributed by atoms with Gasteiger partial charge in [-0.2, -0.15) is 10.4 Å². The minimum Gasteiger partial charge on any atom is -0.288 e. The van der Waals surface area contributed by atoms with Crippen molar-refractivity contribution >= 4 is 15.9 Å². The first-order valence-corrected chi connectivity index (χ1v) is 6.80. The third-order valence-corrected chi connectivity index (χ3v) is 3.84. The molecule has 1 aliphatic rings. The molecule has 0 amide bonds. The molecule has 0 saturated carbocycles. The third-order valence-electron chi connectivity index (χ3n) is 3.43. The molecule has 5 heteroatoms. The first-order valence-electron chi connectivity index (χ1n) is 6.00. The lowest BCUT2D eigenvalue weighted by atomic mass is 9.96. The standard InChI is InChI=1S/C12H17BrN4/c1-10(6-14)16-4-2-11(3-5-16)8-17-9-12(13)7-15-17/h7,9-11H,2-5,8H2,1H3. The van der Waals surface area contributed by atoms with E-state index < -0.39 is 0 Å². The fourth-order valence-corrected chi connectivity index (χ4v) is 2.64. The van der Waals surface area contributed by atoms with E-state index in [-0.39, 0.29) is 6.04 Å². The molecule has 0 radical (unpaired) electrons. The predicted octanol–water partition coefficient (Wildman–Crippen LogP) is 2.27. The molecule has 1 aromatic heterocycles. The zero-order chi connectivity index (χ0) is 12.3. The molecule has 2 rings (SSSR count). The van der Waals surface area contributed by atoms with Gasteiger partial charge in [0, 0.05) is 12.7 Å². The van der Waals surface area contributed by atoms with Crippen molar-refractivity contribution in [2.24, 2.45) is 5.92 Å². The molecule has 4 nitrogen and oxygen atoms in total. The van der Waals surface area contributed by atoms with Gasteiger partial charge in [-0.05, 0) is 54.7 Å². The maximum Gasteiger partial charge on any atom is 0.0949 e. The van der Waals surface area contributed by atoms with Crippen LogP contribution in [0.2, 0.25) is 0 Å². The molecular formula is C12H17BrN4. The summed E-state index contributed by atoms with van der Waals surface area (Å²) in [5.74, 6) is 0.684. The van der Waals surface area contributed by atoms with Crippen molar-refractivity contribution in [2.45, 2.75) is 32.4 Å². The van der Waals surface area contributed by atoms with Crippen molar-refractivity contribution in [3.63, 3.8) is 0 Å². The average molecular weight is 297 g/mol. The van der Waals surface area contributed by atoms with E-state index in [1.165, 1.54) is 0 Å². The number of piperidine rings is 1. The number of hydrogen-bond donors (Lipinski definition) is 0. The van der Waals surface area contributed by atoms with Crippen LogP contribution in [0, 0.1) is 17.2 Å². The van der Waals surface area contributed by atoms with Crippen molar-refractivity contribution in [1.82, 2.24) is 14.7 Å². The van der Waals surface area contributed by atoms with Crippen LogP contribution in [-0.4, -0.2) is 33.8 Å². The van der Waals surface area contributed by atoms with E-state index in [2.05, 4.69) is 32.0 Å². The predicted molar refractivity (Wildman–Crippen MR) is 69.3 cm³/mol. The topological polar surface area (TPSA) is 44.9 Å². The number of nitriles is 1. The Balaban J connectivity index is 1.82. The second kappa shape index (κ2) is 5.65. The molecule has 0 aliphatic carbocycles. The highest BCUT2D eigenvalue weighted by molar-refractivity contribution is 9.10. The van der Waals surface area contributed by atoms with E-state index in [0.29, 0.717) is 5.92 Å². The zero-order valence-electron chi connectivity index (χ0n) is 10.0. The summed E-state index contributed by atoms with van der Waals surface area (Å²) >= 11 is 3.41. The van der Waals surface area contributed by atoms with E-state index in [1.807, 2.05) is 24.0 Å². The second-order valence-electron chi connectivity index (χ2n) is 4.67. The van der Waals surface area contributed by atoms with Crippen LogP contribution in [0.4, 0.5) is 0 Å². The van der Waals surface area contributed by atoms with E-state index >= 15 is 0 Å². The third kappa shape index (κ3) is 3.30. The Bertz CT molecular complexity index is 401. The molecule has 1 atom stereocenters. The van der Waals surface area contributed by atoms with E-state index in [9.17, 15) is 0 Å². The number of halogens is 1. The minimum absolute atomic E-state index is 0.0507. The van der Waals surface area contributed by atoms with Gasteiger partial charge in [0.1, 0.15) is 0 Å². The molecule has 1 unspecified atom stereocenters. The summed E-state index contributed by atoms with van der Waals surface area (Å²) in [4.78, 5) is 2.26. The van der Waals surface area contributed by atoms with Crippen molar-refractivity contribution < 1.29 is 0 Å². The number of rotatable bonds is 3. The van der Waals surface area contributed by atoms with E-state index in [1.54, 1.807) is 0 Å². The van der Waals surface area contributed by atoms with Crippen molar-refractivity contribution in [3.8, 4) is 6.07 Å². The molecule has 1 aromatic rings. The summed E-state index contributed by atoms with van der Waals surface area (Å²) in [6, 6.07) is 2.36. The Morgan fingerprint density at radius 2 is 2.29 bits per heavy atom. The van der Waals surface area contributed by atoms with Gasteiger partial charge >= 0.3 is 0 Å². The summed E-state index contributed by atoms with van der Waals surface area (Å²) in [6.45, 7) is 5.02. The van der Waals surface area contributed by atoms with Crippen molar-refractivity contribution in [2.75, 3.05) is 13.1 Å². The van der Waals surface area contributed by atoms with Gasteiger partial charge in [-0.1, -0.05) is 0 Å². The van der Waals surface area contributed by atoms with Crippen molar-refractivity contribution in [1.29, 1.82) is 5.26 Å². The van der Waals surface area contributed by atoms with Crippen LogP contribution in [0.3, 0.4) is 0 Å². The number of nitrogens with zero attached hydrogens (tertiary/aromatic N) is 4. The summed E-state index contributed by atoms with van der Waals surface area (Å²) in [5, 5.41) is 13.2. The van der Waals surface area contributed by atoms with Crippen LogP contribution in [0.15, 0.2) is 16.9 Å². The van der Waals surface area contributed by atoms with Crippen LogP contribution in [0.1, 0.15) is 19.8 Å². The summed E-state index contributed by atoms with van der Waals surface area (Å²) < 4.78 is 3.03. The summed E-state index contributed by atoms with van der Waals surface area (Å²) in [7, 11) is 0. The Hall–Kier alpha value is -0.860. The van der Waals surface area contributed by atoms with Gasteiger partial charge in [-0.25, -0.2) is 0 Å². The first kappa shape index (κ1) is 12.6. The highest BCUT2D eigenvalue weighted by atomic mass is 79.9. The average Bonchev–Trinajstić information content (AvgIpc) is 2.75. The van der Waals surface area contributed by atoms with Crippen LogP contribution in [-0.2, 0) is 6.54 Å². The van der Waals surface area contributed by atoms with Crippen LogP contribution >= 0.6 is 15.9 Å². The molecule has 0 spiro atoms. The molecule has 0 bridgehead atoms. The van der Waals surface area contributed by atoms with Gasteiger partial charge < -0.3 is 0 Å². The van der Waals surface area contributed by atoms with E-state index in [4.69, 9.17) is 5.26 Å². The molecule has 1 aliphatic heterocycles. The van der Waals surface area contributed by atoms with Crippen LogP contribution < -0.4 is 0 Å². The lowest BCUT2D eigenvalue weighted by molar-refractivity contribution is 0.154. The number of aromatic nitrogens is 2. The molecule has 0 aromatic carbocycles. The van der Waals surface area contributed by atoms with Crippen LogP contribution in [0.25, 0.3) is 0 Å². The lowest BCUT2D eigenvalue weighted by Gasteiger charge is -2.33. The number of hydrogen-bond acceptors (Lipinski definition) is 3. The zero-order valence-corrected chi connectivity index (χ0v) is 11.6. The van der Waals surface area contributed by atoms with Gasteiger partial charge in [-0.15, -0.1) is 0 Å². The highest BCUT2D eigenvalue weighted by Crippen LogP contribution is 2.20. The Kier molecular flexibility index (Phi) is 4.19. The maximum atomic E-state index is 8.88. The molecule has 0 N–H and O–H groups in total. The smallest absolute Gasteiger partial charge is 0.0949 e. The molecular weight excluding hydrogens is 280 g/mol. The minimum atomic E-state index is 0.0507. The largest absolute Gasteiger partial charge is 0.288 e. The summed E-state index contributed by atoms with van der Waals surface area (Å²) in [6.07, 6.45) is 6.16. The van der Waals surface area contributed by atoms with E-state index in [0.717, 1.165) is 36.9 Å². The molecule has 92 valence electrons. The molecule has 1 fully saturated rings. The SMILES string of the molecule is CC(C#N)N1CCC(Cn2cc(Br)cn2)CC1. The van der Waals surface area contributed by atoms with Gasteiger partial charge in [0.2, 0.25) is 0 Å². The molecule has 17 heavy (non-hydrogen) atoms. The fourth-order valence-electron chi connectivity index (χ4n) is 2.31. The monoisotopic (exact) mass is 296 g/mol. The summed E-state index contributed by atoms with van der Waals surface area (Å²) in [5.41, 5.74) is 0. The van der Waals surface area contributed by atoms with Crippen molar-refractivity contribution in [3.05, 3.63) is 16.9 Å². The quantitative estimate of drug-likeness (QED) is 0.859. The van der Waals surface area contributed by atoms with Gasteiger partial charge in [-0.3, -0.25) is 9.58 Å². The van der Waals surface area contributed by atoms with Gasteiger partial charge in [0.05, 0.1) is 22.8 Å². The van der Waals surface area contributed by atoms with Crippen LogP contribution in [0.5, 0.6) is 0 Å². The Morgan fingerprint density at radius 3 is 2.82 bits per heavy atom. The lowest BCUT2D eigenvalue weighted by Crippen LogP contribution is -2.40. The molecule has 2 heterocycles. The Morgan fingerprint density at radius 1 is 1.59 bits per heavy atom. The first-order chi connectivity index (χ1) is 8.19. The molecule has 1 saturated heterocycles. The Labute approximate surface area is 110 Å². The number of likely N-dealkylation sites (tertiary alicyclic amines) is 1. The highest BCUT2D eigenvalue weighted by Gasteiger charge is 2.22. The maximum absolute atomic E-state index is 8.88. The fraction of sp³-hybridized carbons (Fsp3) is 0.667. The van der Waals surface area contributed by atoms with Gasteiger partial charge in [0.25, 0.3) is 0 Å². The van der Waals surface area contributed by atoms with Gasteiger partial charge in [0.15, 0.2) is 0 Å². The second-order valence-corrected chi connectivity index (χ2v) is 5.58.